The lowest BCUT2D eigenvalue weighted by molar-refractivity contribution is 0.569. The van der Waals surface area contributed by atoms with Gasteiger partial charge >= 0.3 is 11.5 Å². The molecule has 0 atom stereocenters. The molecular weight excluding hydrogens is 330 g/mol. The van der Waals surface area contributed by atoms with Gasteiger partial charge in [-0.25, -0.2) is 4.42 Å². The van der Waals surface area contributed by atoms with Crippen LogP contribution >= 0.6 is 0 Å². The fourth-order valence-electron chi connectivity index (χ4n) is 3.88. The van der Waals surface area contributed by atoms with E-state index in [1.807, 2.05) is 12.4 Å². The van der Waals surface area contributed by atoms with Crippen LogP contribution in [0.2, 0.25) is 0 Å². The Balaban J connectivity index is 1.79. The third kappa shape index (κ3) is 2.83. The minimum atomic E-state index is 0.900. The van der Waals surface area contributed by atoms with E-state index >= 15 is 0 Å². The van der Waals surface area contributed by atoms with Crippen molar-refractivity contribution in [1.29, 1.82) is 0 Å². The predicted molar refractivity (Wildman–Crippen MR) is 109 cm³/mol. The Morgan fingerprint density at radius 3 is 2.37 bits per heavy atom. The van der Waals surface area contributed by atoms with Crippen LogP contribution in [0.4, 0.5) is 0 Å². The van der Waals surface area contributed by atoms with Crippen LogP contribution in [0.1, 0.15) is 16.7 Å². The number of rotatable bonds is 2. The predicted octanol–water partition coefficient (Wildman–Crippen LogP) is 6.36. The van der Waals surface area contributed by atoms with Gasteiger partial charge in [-0.1, -0.05) is 35.9 Å². The summed E-state index contributed by atoms with van der Waals surface area (Å²) in [6.45, 7) is 2.10. The summed E-state index contributed by atoms with van der Waals surface area (Å²) in [4.78, 5) is 4.19. The van der Waals surface area contributed by atoms with Crippen molar-refractivity contribution < 1.29 is 4.42 Å². The highest BCUT2D eigenvalue weighted by Crippen LogP contribution is 2.41. The molecule has 2 aromatic heterocycles. The highest BCUT2D eigenvalue weighted by molar-refractivity contribution is 5.81. The van der Waals surface area contributed by atoms with Crippen molar-refractivity contribution in [3.05, 3.63) is 95.8 Å². The summed E-state index contributed by atoms with van der Waals surface area (Å²) in [5, 5.41) is 0. The number of benzene rings is 2. The van der Waals surface area contributed by atoms with Crippen molar-refractivity contribution >= 4 is 0 Å². The van der Waals surface area contributed by atoms with Crippen LogP contribution in [-0.4, -0.2) is 4.98 Å². The molecule has 0 saturated heterocycles. The fourth-order valence-corrected chi connectivity index (χ4v) is 3.88. The van der Waals surface area contributed by atoms with Crippen LogP contribution < -0.4 is 0 Å². The van der Waals surface area contributed by atoms with E-state index in [1.165, 1.54) is 33.4 Å². The number of fused-ring (bicyclic) bond motifs is 3. The van der Waals surface area contributed by atoms with Gasteiger partial charge in [-0.15, -0.1) is 0 Å². The van der Waals surface area contributed by atoms with Gasteiger partial charge in [0.05, 0.1) is 22.8 Å². The molecular formula is C25H20NO+. The Hall–Kier alpha value is -3.26. The maximum atomic E-state index is 6.50. The molecule has 0 N–H and O–H groups in total. The molecule has 1 aliphatic rings. The molecule has 0 aliphatic heterocycles. The van der Waals surface area contributed by atoms with Crippen LogP contribution in [0.3, 0.4) is 0 Å². The standard InChI is InChI=1S/C25H20NO/c1-17-6-8-20(9-7-17)24-16-23(19-12-14-26-15-13-19)22-11-10-18-4-2-3-5-21(18)25(22)27-24/h2-9,12-16H,10-11H2,1H3/q+1. The van der Waals surface area contributed by atoms with E-state index in [1.54, 1.807) is 0 Å². The zero-order valence-electron chi connectivity index (χ0n) is 15.3. The summed E-state index contributed by atoms with van der Waals surface area (Å²) in [6.07, 6.45) is 5.74. The molecule has 0 saturated carbocycles. The molecule has 1 aliphatic carbocycles. The second-order valence-corrected chi connectivity index (χ2v) is 7.09. The Kier molecular flexibility index (Phi) is 3.83. The Morgan fingerprint density at radius 1 is 0.778 bits per heavy atom. The molecule has 130 valence electrons. The third-order valence-electron chi connectivity index (χ3n) is 5.32. The van der Waals surface area contributed by atoms with Crippen molar-refractivity contribution in [1.82, 2.24) is 4.98 Å². The first kappa shape index (κ1) is 16.0. The summed E-state index contributed by atoms with van der Waals surface area (Å²) in [5.41, 5.74) is 8.63. The third-order valence-corrected chi connectivity index (χ3v) is 5.32. The molecule has 0 radical (unpaired) electrons. The molecule has 0 spiro atoms. The SMILES string of the molecule is Cc1ccc(-c2cc(-c3ccncc3)c3c([o+]2)-c2ccccc2CC3)cc1. The second-order valence-electron chi connectivity index (χ2n) is 7.09. The summed E-state index contributed by atoms with van der Waals surface area (Å²) in [7, 11) is 0. The van der Waals surface area contributed by atoms with E-state index in [4.69, 9.17) is 4.42 Å². The van der Waals surface area contributed by atoms with Gasteiger partial charge in [-0.2, -0.15) is 0 Å². The highest BCUT2D eigenvalue weighted by atomic mass is 16.3. The number of aromatic nitrogens is 1. The van der Waals surface area contributed by atoms with Crippen molar-refractivity contribution in [2.24, 2.45) is 0 Å². The number of hydrogen-bond donors (Lipinski definition) is 0. The molecule has 2 heteroatoms. The average molecular weight is 350 g/mol. The van der Waals surface area contributed by atoms with Crippen LogP contribution in [0.25, 0.3) is 33.8 Å². The Labute approximate surface area is 159 Å². The molecule has 0 unspecified atom stereocenters. The van der Waals surface area contributed by atoms with Crippen molar-refractivity contribution in [3.8, 4) is 33.8 Å². The molecule has 2 heterocycles. The van der Waals surface area contributed by atoms with Crippen LogP contribution in [-0.2, 0) is 12.8 Å². The van der Waals surface area contributed by atoms with Gasteiger partial charge in [-0.3, -0.25) is 4.98 Å². The molecule has 27 heavy (non-hydrogen) atoms. The van der Waals surface area contributed by atoms with Gasteiger partial charge in [-0.05, 0) is 61.2 Å². The van der Waals surface area contributed by atoms with Gasteiger partial charge in [0.15, 0.2) is 0 Å². The van der Waals surface area contributed by atoms with Gasteiger partial charge in [0.2, 0.25) is 0 Å². The quantitative estimate of drug-likeness (QED) is 0.393. The van der Waals surface area contributed by atoms with E-state index in [-0.39, 0.29) is 0 Å². The minimum absolute atomic E-state index is 0.900. The van der Waals surface area contributed by atoms with Gasteiger partial charge < -0.3 is 0 Å². The van der Waals surface area contributed by atoms with Crippen molar-refractivity contribution in [3.63, 3.8) is 0 Å². The first-order valence-corrected chi connectivity index (χ1v) is 9.35. The zero-order chi connectivity index (χ0) is 18.2. The molecule has 4 aromatic rings. The zero-order valence-corrected chi connectivity index (χ0v) is 15.3. The van der Waals surface area contributed by atoms with Crippen molar-refractivity contribution in [2.45, 2.75) is 19.8 Å². The van der Waals surface area contributed by atoms with Crippen LogP contribution in [0.5, 0.6) is 0 Å². The first-order valence-electron chi connectivity index (χ1n) is 9.35. The summed E-state index contributed by atoms with van der Waals surface area (Å²) >= 11 is 0. The van der Waals surface area contributed by atoms with Crippen LogP contribution in [0.15, 0.2) is 83.5 Å². The molecule has 0 bridgehead atoms. The lowest BCUT2D eigenvalue weighted by Crippen LogP contribution is -2.06. The summed E-state index contributed by atoms with van der Waals surface area (Å²) < 4.78 is 6.50. The lowest BCUT2D eigenvalue weighted by Gasteiger charge is -2.16. The molecule has 2 aromatic carbocycles. The Morgan fingerprint density at radius 2 is 1.56 bits per heavy atom. The normalized spacial score (nSPS) is 12.3. The maximum absolute atomic E-state index is 6.50. The maximum Gasteiger partial charge on any atom is 0.364 e. The molecule has 0 amide bonds. The van der Waals surface area contributed by atoms with Crippen molar-refractivity contribution in [2.75, 3.05) is 0 Å². The van der Waals surface area contributed by atoms with E-state index in [0.29, 0.717) is 0 Å². The molecule has 5 rings (SSSR count). The summed E-state index contributed by atoms with van der Waals surface area (Å²) in [6, 6.07) is 23.4. The van der Waals surface area contributed by atoms with E-state index < -0.39 is 0 Å². The largest absolute Gasteiger partial charge is 0.364 e. The lowest BCUT2D eigenvalue weighted by atomic mass is 9.85. The van der Waals surface area contributed by atoms with E-state index in [2.05, 4.69) is 78.6 Å². The average Bonchev–Trinajstić information content (AvgIpc) is 2.74. The number of pyridine rings is 1. The summed E-state index contributed by atoms with van der Waals surface area (Å²) in [5.74, 6) is 1.90. The smallest absolute Gasteiger partial charge is 0.265 e. The molecule has 2 nitrogen and oxygen atoms in total. The Bertz CT molecular complexity index is 1100. The van der Waals surface area contributed by atoms with Gasteiger partial charge in [0.1, 0.15) is 0 Å². The van der Waals surface area contributed by atoms with E-state index in [9.17, 15) is 0 Å². The topological polar surface area (TPSA) is 24.2 Å². The first-order chi connectivity index (χ1) is 13.3. The number of aryl methyl sites for hydroxylation is 2. The highest BCUT2D eigenvalue weighted by Gasteiger charge is 2.31. The van der Waals surface area contributed by atoms with Gasteiger partial charge in [0, 0.05) is 18.0 Å². The monoisotopic (exact) mass is 350 g/mol. The van der Waals surface area contributed by atoms with Gasteiger partial charge in [0.25, 0.3) is 0 Å². The minimum Gasteiger partial charge on any atom is -0.265 e. The number of hydrogen-bond acceptors (Lipinski definition) is 1. The van der Waals surface area contributed by atoms with Crippen LogP contribution in [0, 0.1) is 6.92 Å². The second kappa shape index (κ2) is 6.48. The van der Waals surface area contributed by atoms with E-state index in [0.717, 1.165) is 29.9 Å². The number of nitrogens with zero attached hydrogens (tertiary/aromatic N) is 1. The fraction of sp³-hybridized carbons (Fsp3) is 0.120. The molecule has 0 fully saturated rings.